The minimum atomic E-state index is -3.55. The molecule has 0 aromatic carbocycles. The Morgan fingerprint density at radius 1 is 1.52 bits per heavy atom. The van der Waals surface area contributed by atoms with E-state index in [4.69, 9.17) is 5.11 Å². The summed E-state index contributed by atoms with van der Waals surface area (Å²) < 4.78 is 27.4. The second-order valence-corrected chi connectivity index (χ2v) is 7.35. The molecule has 0 bridgehead atoms. The van der Waals surface area contributed by atoms with Gasteiger partial charge in [-0.2, -0.15) is 9.40 Å². The molecule has 0 atom stereocenters. The van der Waals surface area contributed by atoms with E-state index in [0.29, 0.717) is 0 Å². The van der Waals surface area contributed by atoms with Gasteiger partial charge in [0.05, 0.1) is 11.1 Å². The van der Waals surface area contributed by atoms with Crippen LogP contribution in [0.25, 0.3) is 0 Å². The van der Waals surface area contributed by atoms with E-state index in [1.165, 1.54) is 39.8 Å². The zero-order valence-electron chi connectivity index (χ0n) is 11.6. The van der Waals surface area contributed by atoms with Crippen molar-refractivity contribution in [3.63, 3.8) is 0 Å². The van der Waals surface area contributed by atoms with Crippen LogP contribution in [0.5, 0.6) is 0 Å². The lowest BCUT2D eigenvalue weighted by Crippen LogP contribution is -2.26. The molecule has 6 nitrogen and oxygen atoms in total. The Bertz CT molecular complexity index is 781. The molecule has 0 radical (unpaired) electrons. The normalized spacial score (nSPS) is 11.4. The Morgan fingerprint density at radius 2 is 2.29 bits per heavy atom. The predicted octanol–water partition coefficient (Wildman–Crippen LogP) is 0.646. The van der Waals surface area contributed by atoms with Crippen molar-refractivity contribution in [1.29, 1.82) is 0 Å². The molecule has 1 N–H and O–H groups in total. The molecule has 0 aliphatic rings. The van der Waals surface area contributed by atoms with Crippen LogP contribution in [-0.2, 0) is 23.6 Å². The van der Waals surface area contributed by atoms with E-state index in [9.17, 15) is 8.42 Å². The highest BCUT2D eigenvalue weighted by Crippen LogP contribution is 2.19. The standard InChI is InChI=1S/C13H15N3O3S2/c1-15-9-13(7-14-15)21(18,19)16(2)8-11-6-12(20-10-11)4-3-5-17/h6-7,9-10,17H,5,8H2,1-2H3. The van der Waals surface area contributed by atoms with Gasteiger partial charge >= 0.3 is 0 Å². The summed E-state index contributed by atoms with van der Waals surface area (Å²) in [5.74, 6) is 5.36. The summed E-state index contributed by atoms with van der Waals surface area (Å²) in [4.78, 5) is 0.967. The quantitative estimate of drug-likeness (QED) is 0.838. The van der Waals surface area contributed by atoms with Crippen molar-refractivity contribution in [2.24, 2.45) is 7.05 Å². The number of aliphatic hydroxyl groups is 1. The van der Waals surface area contributed by atoms with Gasteiger partial charge in [0, 0.05) is 26.8 Å². The van der Waals surface area contributed by atoms with Crippen LogP contribution >= 0.6 is 11.3 Å². The smallest absolute Gasteiger partial charge is 0.246 e. The summed E-state index contributed by atoms with van der Waals surface area (Å²) in [6.45, 7) is 0.0665. The molecule has 0 aliphatic carbocycles. The van der Waals surface area contributed by atoms with Crippen LogP contribution in [0.2, 0.25) is 0 Å². The van der Waals surface area contributed by atoms with Crippen LogP contribution in [0.15, 0.2) is 28.7 Å². The summed E-state index contributed by atoms with van der Waals surface area (Å²) in [6.07, 6.45) is 2.80. The van der Waals surface area contributed by atoms with E-state index < -0.39 is 10.0 Å². The fourth-order valence-corrected chi connectivity index (χ4v) is 3.62. The van der Waals surface area contributed by atoms with Crippen LogP contribution in [0.4, 0.5) is 0 Å². The van der Waals surface area contributed by atoms with Gasteiger partial charge in [-0.3, -0.25) is 4.68 Å². The lowest BCUT2D eigenvalue weighted by atomic mass is 10.3. The number of aromatic nitrogens is 2. The largest absolute Gasteiger partial charge is 0.384 e. The van der Waals surface area contributed by atoms with Crippen LogP contribution < -0.4 is 0 Å². The summed E-state index contributed by atoms with van der Waals surface area (Å²) in [5, 5.41) is 14.4. The van der Waals surface area contributed by atoms with Crippen LogP contribution in [0.1, 0.15) is 10.4 Å². The van der Waals surface area contributed by atoms with Gasteiger partial charge in [-0.15, -0.1) is 11.3 Å². The first-order valence-corrected chi connectivity index (χ1v) is 8.37. The number of hydrogen-bond donors (Lipinski definition) is 1. The molecule has 112 valence electrons. The Morgan fingerprint density at radius 3 is 2.90 bits per heavy atom. The lowest BCUT2D eigenvalue weighted by molar-refractivity contribution is 0.350. The topological polar surface area (TPSA) is 75.4 Å². The van der Waals surface area contributed by atoms with Crippen molar-refractivity contribution < 1.29 is 13.5 Å². The van der Waals surface area contributed by atoms with Crippen LogP contribution in [0.3, 0.4) is 0 Å². The van der Waals surface area contributed by atoms with E-state index >= 15 is 0 Å². The van der Waals surface area contributed by atoms with E-state index in [0.717, 1.165) is 10.4 Å². The molecule has 2 aromatic rings. The SMILES string of the molecule is CN(Cc1csc(C#CCO)c1)S(=O)(=O)c1cnn(C)c1. The highest BCUT2D eigenvalue weighted by Gasteiger charge is 2.22. The average Bonchev–Trinajstić information content (AvgIpc) is 3.05. The first kappa shape index (κ1) is 15.7. The molecule has 2 rings (SSSR count). The summed E-state index contributed by atoms with van der Waals surface area (Å²) >= 11 is 1.42. The first-order chi connectivity index (χ1) is 9.93. The Balaban J connectivity index is 2.14. The minimum absolute atomic E-state index is 0.169. The van der Waals surface area contributed by atoms with Crippen molar-refractivity contribution in [1.82, 2.24) is 14.1 Å². The predicted molar refractivity (Wildman–Crippen MR) is 80.1 cm³/mol. The third-order valence-electron chi connectivity index (χ3n) is 2.74. The van der Waals surface area contributed by atoms with Crippen molar-refractivity contribution in [3.8, 4) is 11.8 Å². The molecule has 0 saturated heterocycles. The highest BCUT2D eigenvalue weighted by atomic mass is 32.2. The number of aryl methyl sites for hydroxylation is 1. The van der Waals surface area contributed by atoms with E-state index in [-0.39, 0.29) is 18.0 Å². The van der Waals surface area contributed by atoms with Crippen LogP contribution in [-0.4, -0.2) is 41.3 Å². The Hall–Kier alpha value is -1.66. The molecular weight excluding hydrogens is 310 g/mol. The molecule has 0 spiro atoms. The molecule has 0 fully saturated rings. The van der Waals surface area contributed by atoms with Crippen molar-refractivity contribution in [2.75, 3.05) is 13.7 Å². The number of hydrogen-bond acceptors (Lipinski definition) is 5. The van der Waals surface area contributed by atoms with E-state index in [1.807, 2.05) is 11.4 Å². The van der Waals surface area contributed by atoms with Gasteiger partial charge < -0.3 is 5.11 Å². The number of thiophene rings is 1. The van der Waals surface area contributed by atoms with Crippen molar-refractivity contribution in [2.45, 2.75) is 11.4 Å². The number of sulfonamides is 1. The first-order valence-electron chi connectivity index (χ1n) is 6.05. The fraction of sp³-hybridized carbons (Fsp3) is 0.308. The summed E-state index contributed by atoms with van der Waals surface area (Å²) in [6, 6.07) is 1.82. The molecule has 8 heteroatoms. The Labute approximate surface area is 127 Å². The van der Waals surface area contributed by atoms with E-state index in [1.54, 1.807) is 7.05 Å². The maximum absolute atomic E-state index is 12.3. The minimum Gasteiger partial charge on any atom is -0.384 e. The van der Waals surface area contributed by atoms with E-state index in [2.05, 4.69) is 16.9 Å². The van der Waals surface area contributed by atoms with Gasteiger partial charge in [0.2, 0.25) is 10.0 Å². The molecule has 0 amide bonds. The van der Waals surface area contributed by atoms with Crippen molar-refractivity contribution in [3.05, 3.63) is 34.3 Å². The molecule has 2 aromatic heterocycles. The highest BCUT2D eigenvalue weighted by molar-refractivity contribution is 7.89. The maximum Gasteiger partial charge on any atom is 0.246 e. The molecule has 2 heterocycles. The number of aliphatic hydroxyl groups excluding tert-OH is 1. The third kappa shape index (κ3) is 3.71. The zero-order chi connectivity index (χ0) is 15.5. The van der Waals surface area contributed by atoms with Gasteiger partial charge in [-0.05, 0) is 17.0 Å². The second kappa shape index (κ2) is 6.41. The molecule has 0 unspecified atom stereocenters. The molecule has 0 aliphatic heterocycles. The monoisotopic (exact) mass is 325 g/mol. The second-order valence-electron chi connectivity index (χ2n) is 4.39. The Kier molecular flexibility index (Phi) is 4.80. The number of rotatable bonds is 4. The zero-order valence-corrected chi connectivity index (χ0v) is 13.3. The molecular formula is C13H15N3O3S2. The summed E-state index contributed by atoms with van der Waals surface area (Å²) in [7, 11) is -0.348. The van der Waals surface area contributed by atoms with Crippen molar-refractivity contribution >= 4 is 21.4 Å². The number of nitrogens with zero attached hydrogens (tertiary/aromatic N) is 3. The molecule has 21 heavy (non-hydrogen) atoms. The fourth-order valence-electron chi connectivity index (χ4n) is 1.70. The lowest BCUT2D eigenvalue weighted by Gasteiger charge is -2.14. The van der Waals surface area contributed by atoms with Gasteiger partial charge in [-0.25, -0.2) is 8.42 Å². The molecule has 0 saturated carbocycles. The van der Waals surface area contributed by atoms with Gasteiger partial charge in [0.15, 0.2) is 0 Å². The third-order valence-corrected chi connectivity index (χ3v) is 5.39. The van der Waals surface area contributed by atoms with Gasteiger partial charge in [-0.1, -0.05) is 11.8 Å². The summed E-state index contributed by atoms with van der Waals surface area (Å²) in [5.41, 5.74) is 0.859. The van der Waals surface area contributed by atoms with Crippen LogP contribution in [0, 0.1) is 11.8 Å². The van der Waals surface area contributed by atoms with Gasteiger partial charge in [0.25, 0.3) is 0 Å². The average molecular weight is 325 g/mol. The maximum atomic E-state index is 12.3. The van der Waals surface area contributed by atoms with Gasteiger partial charge in [0.1, 0.15) is 11.5 Å².